The van der Waals surface area contributed by atoms with Crippen LogP contribution < -0.4 is 15.1 Å². The Morgan fingerprint density at radius 1 is 1.17 bits per heavy atom. The molecule has 1 heterocycles. The second-order valence-electron chi connectivity index (χ2n) is 5.95. The number of rotatable bonds is 6. The molecule has 7 nitrogen and oxygen atoms in total. The van der Waals surface area contributed by atoms with Crippen molar-refractivity contribution < 1.29 is 28.5 Å². The van der Waals surface area contributed by atoms with Gasteiger partial charge in [0, 0.05) is 29.2 Å². The molecule has 0 unspecified atom stereocenters. The highest BCUT2D eigenvalue weighted by atomic mass is 35.5. The molecule has 0 saturated heterocycles. The van der Waals surface area contributed by atoms with Crippen molar-refractivity contribution in [3.05, 3.63) is 69.0 Å². The Labute approximate surface area is 170 Å². The van der Waals surface area contributed by atoms with Gasteiger partial charge in [-0.25, -0.2) is 9.59 Å². The van der Waals surface area contributed by atoms with Crippen LogP contribution in [0.1, 0.15) is 11.1 Å². The van der Waals surface area contributed by atoms with Gasteiger partial charge in [0.15, 0.2) is 11.5 Å². The third-order valence-electron chi connectivity index (χ3n) is 4.05. The van der Waals surface area contributed by atoms with E-state index in [0.29, 0.717) is 33.0 Å². The molecule has 0 atom stereocenters. The van der Waals surface area contributed by atoms with Crippen molar-refractivity contribution >= 4 is 34.6 Å². The Hall–Kier alpha value is -3.45. The van der Waals surface area contributed by atoms with E-state index in [4.69, 9.17) is 30.2 Å². The van der Waals surface area contributed by atoms with Crippen LogP contribution in [0.4, 0.5) is 0 Å². The van der Waals surface area contributed by atoms with Crippen LogP contribution in [0, 0.1) is 0 Å². The Kier molecular flexibility index (Phi) is 6.09. The average molecular weight is 417 g/mol. The van der Waals surface area contributed by atoms with E-state index in [2.05, 4.69) is 0 Å². The Balaban J connectivity index is 1.75. The number of carbonyl (C=O) groups excluding carboxylic acids is 1. The number of hydrogen-bond donors (Lipinski definition) is 1. The molecule has 0 aliphatic rings. The lowest BCUT2D eigenvalue weighted by Crippen LogP contribution is -2.05. The van der Waals surface area contributed by atoms with Crippen LogP contribution in [-0.4, -0.2) is 25.3 Å². The van der Waals surface area contributed by atoms with Gasteiger partial charge >= 0.3 is 11.6 Å². The SMILES string of the molecule is COc1cc(/C=C/C(=O)OCc2cc(=O)oc3cc(O)ccc23)cc(Cl)c1OC. The summed E-state index contributed by atoms with van der Waals surface area (Å²) in [5, 5.41) is 10.4. The minimum atomic E-state index is -0.615. The summed E-state index contributed by atoms with van der Waals surface area (Å²) in [4.78, 5) is 23.8. The van der Waals surface area contributed by atoms with Crippen LogP contribution in [0.25, 0.3) is 17.0 Å². The molecule has 0 aliphatic heterocycles. The first-order valence-corrected chi connectivity index (χ1v) is 8.81. The molecule has 8 heteroatoms. The van der Waals surface area contributed by atoms with E-state index >= 15 is 0 Å². The fourth-order valence-electron chi connectivity index (χ4n) is 2.73. The lowest BCUT2D eigenvalue weighted by atomic mass is 10.1. The summed E-state index contributed by atoms with van der Waals surface area (Å²) in [5.41, 5.74) is 0.682. The van der Waals surface area contributed by atoms with Crippen LogP contribution in [-0.2, 0) is 16.1 Å². The van der Waals surface area contributed by atoms with Crippen molar-refractivity contribution in [1.82, 2.24) is 0 Å². The van der Waals surface area contributed by atoms with Gasteiger partial charge in [0.1, 0.15) is 17.9 Å². The van der Waals surface area contributed by atoms with Crippen LogP contribution in [0.5, 0.6) is 17.2 Å². The fourth-order valence-corrected chi connectivity index (χ4v) is 3.03. The zero-order valence-electron chi connectivity index (χ0n) is 15.6. The lowest BCUT2D eigenvalue weighted by molar-refractivity contribution is -0.138. The summed E-state index contributed by atoms with van der Waals surface area (Å²) in [6.07, 6.45) is 2.75. The van der Waals surface area contributed by atoms with Gasteiger partial charge in [-0.15, -0.1) is 0 Å². The van der Waals surface area contributed by atoms with E-state index in [-0.39, 0.29) is 17.9 Å². The lowest BCUT2D eigenvalue weighted by Gasteiger charge is -2.10. The summed E-state index contributed by atoms with van der Waals surface area (Å²) in [6.45, 7) is -0.136. The van der Waals surface area contributed by atoms with Crippen molar-refractivity contribution in [3.63, 3.8) is 0 Å². The number of benzene rings is 2. The van der Waals surface area contributed by atoms with Crippen molar-refractivity contribution in [3.8, 4) is 17.2 Å². The Bertz CT molecular complexity index is 1150. The third-order valence-corrected chi connectivity index (χ3v) is 4.33. The number of esters is 1. The molecule has 0 aliphatic carbocycles. The third kappa shape index (κ3) is 4.70. The Morgan fingerprint density at radius 2 is 1.97 bits per heavy atom. The van der Waals surface area contributed by atoms with E-state index in [0.717, 1.165) is 0 Å². The summed E-state index contributed by atoms with van der Waals surface area (Å²) in [7, 11) is 2.96. The van der Waals surface area contributed by atoms with Gasteiger partial charge in [-0.2, -0.15) is 0 Å². The van der Waals surface area contributed by atoms with Crippen molar-refractivity contribution in [1.29, 1.82) is 0 Å². The van der Waals surface area contributed by atoms with Gasteiger partial charge in [-0.1, -0.05) is 11.6 Å². The molecular formula is C21H17ClO7. The van der Waals surface area contributed by atoms with Gasteiger partial charge in [0.05, 0.1) is 19.2 Å². The summed E-state index contributed by atoms with van der Waals surface area (Å²) in [5.74, 6) is 0.177. The van der Waals surface area contributed by atoms with E-state index in [9.17, 15) is 14.7 Å². The topological polar surface area (TPSA) is 95.2 Å². The smallest absolute Gasteiger partial charge is 0.336 e. The zero-order valence-corrected chi connectivity index (χ0v) is 16.4. The Morgan fingerprint density at radius 3 is 2.69 bits per heavy atom. The summed E-state index contributed by atoms with van der Waals surface area (Å²) >= 11 is 6.14. The highest BCUT2D eigenvalue weighted by Gasteiger charge is 2.11. The molecular weight excluding hydrogens is 400 g/mol. The maximum absolute atomic E-state index is 12.1. The number of phenols is 1. The van der Waals surface area contributed by atoms with Gasteiger partial charge < -0.3 is 23.7 Å². The highest BCUT2D eigenvalue weighted by molar-refractivity contribution is 6.32. The molecule has 2 aromatic carbocycles. The molecule has 0 bridgehead atoms. The first kappa shape index (κ1) is 20.3. The highest BCUT2D eigenvalue weighted by Crippen LogP contribution is 2.36. The number of halogens is 1. The van der Waals surface area contributed by atoms with Crippen molar-refractivity contribution in [2.45, 2.75) is 6.61 Å². The molecule has 29 heavy (non-hydrogen) atoms. The van der Waals surface area contributed by atoms with Crippen molar-refractivity contribution in [2.75, 3.05) is 14.2 Å². The van der Waals surface area contributed by atoms with Crippen LogP contribution in [0.3, 0.4) is 0 Å². The quantitative estimate of drug-likeness (QED) is 0.369. The number of methoxy groups -OCH3 is 2. The second-order valence-corrected chi connectivity index (χ2v) is 6.36. The number of phenolic OH excluding ortho intramolecular Hbond substituents is 1. The molecule has 1 aromatic heterocycles. The van der Waals surface area contributed by atoms with E-state index in [1.54, 1.807) is 18.2 Å². The number of hydrogen-bond acceptors (Lipinski definition) is 7. The molecule has 0 saturated carbocycles. The average Bonchev–Trinajstić information content (AvgIpc) is 2.69. The first-order valence-electron chi connectivity index (χ1n) is 8.43. The van der Waals surface area contributed by atoms with E-state index < -0.39 is 11.6 Å². The van der Waals surface area contributed by atoms with Crippen LogP contribution in [0.2, 0.25) is 5.02 Å². The van der Waals surface area contributed by atoms with Gasteiger partial charge in [0.25, 0.3) is 0 Å². The minimum absolute atomic E-state index is 0.0358. The summed E-state index contributed by atoms with van der Waals surface area (Å²) < 4.78 is 20.6. The standard InChI is InChI=1S/C21H17ClO7/c1-26-18-8-12(7-16(22)21(18)27-2)3-6-19(24)28-11-13-9-20(25)29-17-10-14(23)4-5-15(13)17/h3-10,23H,11H2,1-2H3/b6-3+. The maximum Gasteiger partial charge on any atom is 0.336 e. The largest absolute Gasteiger partial charge is 0.508 e. The molecule has 1 N–H and O–H groups in total. The van der Waals surface area contributed by atoms with Gasteiger partial charge in [-0.05, 0) is 35.9 Å². The molecule has 150 valence electrons. The van der Waals surface area contributed by atoms with Crippen LogP contribution >= 0.6 is 11.6 Å². The molecule has 0 fully saturated rings. The second kappa shape index (κ2) is 8.70. The molecule has 3 aromatic rings. The zero-order chi connectivity index (χ0) is 21.0. The molecule has 0 amide bonds. The predicted molar refractivity (Wildman–Crippen MR) is 108 cm³/mol. The number of aromatic hydroxyl groups is 1. The number of ether oxygens (including phenoxy) is 3. The van der Waals surface area contributed by atoms with E-state index in [1.165, 1.54) is 44.6 Å². The van der Waals surface area contributed by atoms with E-state index in [1.807, 2.05) is 0 Å². The number of carbonyl (C=O) groups is 1. The predicted octanol–water partition coefficient (Wildman–Crippen LogP) is 3.93. The minimum Gasteiger partial charge on any atom is -0.508 e. The monoisotopic (exact) mass is 416 g/mol. The molecule has 0 spiro atoms. The number of fused-ring (bicyclic) bond motifs is 1. The molecule has 0 radical (unpaired) electrons. The van der Waals surface area contributed by atoms with Gasteiger partial charge in [-0.3, -0.25) is 0 Å². The van der Waals surface area contributed by atoms with Crippen LogP contribution in [0.15, 0.2) is 51.7 Å². The van der Waals surface area contributed by atoms with Crippen molar-refractivity contribution in [2.24, 2.45) is 0 Å². The van der Waals surface area contributed by atoms with Gasteiger partial charge in [0.2, 0.25) is 0 Å². The molecule has 3 rings (SSSR count). The normalized spacial score (nSPS) is 11.0. The first-order chi connectivity index (χ1) is 13.9. The maximum atomic E-state index is 12.1. The fraction of sp³-hybridized carbons (Fsp3) is 0.143. The summed E-state index contributed by atoms with van der Waals surface area (Å²) in [6, 6.07) is 8.88.